The number of aromatic amines is 2. The van der Waals surface area contributed by atoms with Crippen LogP contribution in [0.5, 0.6) is 0 Å². The molecule has 0 saturated heterocycles. The first kappa shape index (κ1) is 24.6. The molecule has 2 N–H and O–H groups in total. The normalized spacial score (nSPS) is 12.4. The second-order valence-electron chi connectivity index (χ2n) is 9.73. The number of hydrogen-bond donors (Lipinski definition) is 2. The number of aldehydes is 1. The molecule has 0 aliphatic rings. The highest BCUT2D eigenvalue weighted by molar-refractivity contribution is 5.78. The highest BCUT2D eigenvalue weighted by Gasteiger charge is 2.37. The van der Waals surface area contributed by atoms with Crippen molar-refractivity contribution in [3.63, 3.8) is 0 Å². The molecule has 0 amide bonds. The molecule has 2 heterocycles. The largest absolute Gasteiger partial charge is 0.387 e. The summed E-state index contributed by atoms with van der Waals surface area (Å²) >= 11 is 0. The second kappa shape index (κ2) is 10.6. The minimum atomic E-state index is -0.563. The van der Waals surface area contributed by atoms with Gasteiger partial charge in [0.25, 0.3) is 11.1 Å². The van der Waals surface area contributed by atoms with Crippen LogP contribution in [0.4, 0.5) is 0 Å². The summed E-state index contributed by atoms with van der Waals surface area (Å²) in [6, 6.07) is 0. The molecule has 31 heavy (non-hydrogen) atoms. The van der Waals surface area contributed by atoms with E-state index in [-0.39, 0.29) is 11.2 Å². The Bertz CT molecular complexity index is 911. The van der Waals surface area contributed by atoms with E-state index in [1.807, 2.05) is 27.7 Å². The van der Waals surface area contributed by atoms with Crippen molar-refractivity contribution in [1.82, 2.24) is 10.3 Å². The summed E-state index contributed by atoms with van der Waals surface area (Å²) in [4.78, 5) is 47.7. The van der Waals surface area contributed by atoms with Crippen LogP contribution >= 0.6 is 0 Å². The summed E-state index contributed by atoms with van der Waals surface area (Å²) in [5.41, 5.74) is -0.953. The average molecular weight is 435 g/mol. The standard InChI is InChI=1S/C23H34N2O6/c1-22(2,15-26)11-8-6-5-7-9-16(27)10-12-23(3,4)19(17-13-30-24-20(17)28)18-14-31-25-21(18)29/h13-15,19H,5-12H2,1-4H3,(H,24,28)(H,25,29). The maximum Gasteiger partial charge on any atom is 0.283 e. The van der Waals surface area contributed by atoms with Crippen LogP contribution in [0.15, 0.2) is 31.2 Å². The first-order chi connectivity index (χ1) is 14.6. The topological polar surface area (TPSA) is 126 Å². The predicted octanol–water partition coefficient (Wildman–Crippen LogP) is 4.32. The Balaban J connectivity index is 1.89. The number of ketones is 1. The molecule has 0 aromatic carbocycles. The molecule has 0 fully saturated rings. The zero-order valence-electron chi connectivity index (χ0n) is 18.9. The number of hydrogen-bond acceptors (Lipinski definition) is 6. The van der Waals surface area contributed by atoms with Gasteiger partial charge in [-0.15, -0.1) is 0 Å². The van der Waals surface area contributed by atoms with Gasteiger partial charge < -0.3 is 13.8 Å². The van der Waals surface area contributed by atoms with Gasteiger partial charge in [0.15, 0.2) is 0 Å². The molecule has 0 spiro atoms. The molecule has 0 bridgehead atoms. The van der Waals surface area contributed by atoms with Crippen molar-refractivity contribution < 1.29 is 18.6 Å². The van der Waals surface area contributed by atoms with Gasteiger partial charge in [-0.25, -0.2) is 0 Å². The van der Waals surface area contributed by atoms with Crippen LogP contribution in [0.2, 0.25) is 0 Å². The Morgan fingerprint density at radius 3 is 1.94 bits per heavy atom. The van der Waals surface area contributed by atoms with Gasteiger partial charge in [0.05, 0.1) is 11.1 Å². The molecule has 8 heteroatoms. The number of H-pyrrole nitrogens is 2. The van der Waals surface area contributed by atoms with E-state index >= 15 is 0 Å². The molecule has 0 saturated carbocycles. The van der Waals surface area contributed by atoms with Gasteiger partial charge in [0, 0.05) is 24.2 Å². The Morgan fingerprint density at radius 2 is 1.45 bits per heavy atom. The average Bonchev–Trinajstić information content (AvgIpc) is 3.32. The fourth-order valence-electron chi connectivity index (χ4n) is 3.97. The van der Waals surface area contributed by atoms with Crippen molar-refractivity contribution in [1.29, 1.82) is 0 Å². The predicted molar refractivity (Wildman–Crippen MR) is 116 cm³/mol. The molecule has 8 nitrogen and oxygen atoms in total. The Morgan fingerprint density at radius 1 is 0.903 bits per heavy atom. The summed E-state index contributed by atoms with van der Waals surface area (Å²) in [5.74, 6) is -0.395. The van der Waals surface area contributed by atoms with Crippen LogP contribution in [0, 0.1) is 10.8 Å². The van der Waals surface area contributed by atoms with Gasteiger partial charge >= 0.3 is 0 Å². The first-order valence-electron chi connectivity index (χ1n) is 10.9. The third kappa shape index (κ3) is 6.94. The molecule has 2 rings (SSSR count). The van der Waals surface area contributed by atoms with E-state index in [9.17, 15) is 19.2 Å². The van der Waals surface area contributed by atoms with E-state index in [0.29, 0.717) is 30.4 Å². The summed E-state index contributed by atoms with van der Waals surface area (Å²) in [7, 11) is 0. The number of carbonyl (C=O) groups is 2. The van der Waals surface area contributed by atoms with Crippen LogP contribution in [0.3, 0.4) is 0 Å². The summed E-state index contributed by atoms with van der Waals surface area (Å²) in [5, 5.41) is 4.53. The molecule has 0 aliphatic heterocycles. The molecule has 2 aromatic rings. The number of rotatable bonds is 14. The van der Waals surface area contributed by atoms with Crippen LogP contribution in [-0.4, -0.2) is 22.4 Å². The first-order valence-corrected chi connectivity index (χ1v) is 10.9. The number of aromatic nitrogens is 2. The van der Waals surface area contributed by atoms with Gasteiger partial charge in [-0.05, 0) is 24.7 Å². The number of unbranched alkanes of at least 4 members (excludes halogenated alkanes) is 3. The van der Waals surface area contributed by atoms with Crippen LogP contribution in [0.1, 0.15) is 96.1 Å². The number of nitrogens with one attached hydrogen (secondary N) is 2. The van der Waals surface area contributed by atoms with E-state index in [4.69, 9.17) is 9.05 Å². The van der Waals surface area contributed by atoms with Crippen molar-refractivity contribution in [2.45, 2.75) is 85.0 Å². The molecular formula is C23H34N2O6. The van der Waals surface area contributed by atoms with Crippen LogP contribution < -0.4 is 11.1 Å². The van der Waals surface area contributed by atoms with Crippen molar-refractivity contribution in [2.75, 3.05) is 0 Å². The lowest BCUT2D eigenvalue weighted by Crippen LogP contribution is -2.30. The zero-order valence-corrected chi connectivity index (χ0v) is 18.9. The lowest BCUT2D eigenvalue weighted by molar-refractivity contribution is -0.119. The van der Waals surface area contributed by atoms with Crippen molar-refractivity contribution in [2.24, 2.45) is 10.8 Å². The molecule has 0 atom stereocenters. The Labute approximate surface area is 181 Å². The van der Waals surface area contributed by atoms with Gasteiger partial charge in [0.2, 0.25) is 0 Å². The summed E-state index contributed by atoms with van der Waals surface area (Å²) < 4.78 is 9.86. The molecule has 172 valence electrons. The quantitative estimate of drug-likeness (QED) is 0.337. The van der Waals surface area contributed by atoms with Crippen LogP contribution in [0.25, 0.3) is 0 Å². The highest BCUT2D eigenvalue weighted by Crippen LogP contribution is 2.42. The number of carbonyl (C=O) groups excluding carboxylic acids is 2. The third-order valence-corrected chi connectivity index (χ3v) is 6.00. The molecule has 2 aromatic heterocycles. The fourth-order valence-corrected chi connectivity index (χ4v) is 3.97. The summed E-state index contributed by atoms with van der Waals surface area (Å²) in [6.07, 6.45) is 9.65. The van der Waals surface area contributed by atoms with E-state index in [0.717, 1.165) is 38.4 Å². The van der Waals surface area contributed by atoms with Gasteiger partial charge in [-0.1, -0.05) is 47.0 Å². The smallest absolute Gasteiger partial charge is 0.283 e. The SMILES string of the molecule is CC(C)(C=O)CCCCCCC(=O)CCC(C)(C)C(c1co[nH]c1=O)c1co[nH]c1=O. The van der Waals surface area contributed by atoms with Crippen LogP contribution in [-0.2, 0) is 9.59 Å². The van der Waals surface area contributed by atoms with Gasteiger partial charge in [-0.2, -0.15) is 10.3 Å². The van der Waals surface area contributed by atoms with Crippen molar-refractivity contribution in [3.05, 3.63) is 44.4 Å². The second-order valence-corrected chi connectivity index (χ2v) is 9.73. The maximum absolute atomic E-state index is 12.4. The van der Waals surface area contributed by atoms with Gasteiger partial charge in [0.1, 0.15) is 24.6 Å². The molecule has 0 unspecified atom stereocenters. The van der Waals surface area contributed by atoms with Gasteiger partial charge in [-0.3, -0.25) is 14.4 Å². The minimum absolute atomic E-state index is 0.169. The van der Waals surface area contributed by atoms with E-state index < -0.39 is 22.5 Å². The van der Waals surface area contributed by atoms with E-state index in [1.165, 1.54) is 12.5 Å². The lowest BCUT2D eigenvalue weighted by Gasteiger charge is -2.32. The molecular weight excluding hydrogens is 400 g/mol. The Kier molecular flexibility index (Phi) is 8.42. The fraction of sp³-hybridized carbons (Fsp3) is 0.652. The molecule has 0 aliphatic carbocycles. The zero-order chi connectivity index (χ0) is 23.1. The van der Waals surface area contributed by atoms with E-state index in [1.54, 1.807) is 0 Å². The summed E-state index contributed by atoms with van der Waals surface area (Å²) in [6.45, 7) is 7.73. The Hall–Kier alpha value is -2.64. The molecule has 0 radical (unpaired) electrons. The minimum Gasteiger partial charge on any atom is -0.387 e. The van der Waals surface area contributed by atoms with E-state index in [2.05, 4.69) is 10.3 Å². The highest BCUT2D eigenvalue weighted by atomic mass is 16.5. The third-order valence-electron chi connectivity index (χ3n) is 6.00. The maximum atomic E-state index is 12.4. The monoisotopic (exact) mass is 434 g/mol. The van der Waals surface area contributed by atoms with Crippen molar-refractivity contribution in [3.8, 4) is 0 Å². The van der Waals surface area contributed by atoms with Crippen molar-refractivity contribution >= 4 is 12.1 Å². The lowest BCUT2D eigenvalue weighted by atomic mass is 9.70. The number of Topliss-reactive ketones (excluding diaryl/α,β-unsaturated/α-hetero) is 1.